The minimum Gasteiger partial charge on any atom is -0.285 e. The maximum atomic E-state index is 11.4. The highest BCUT2D eigenvalue weighted by Gasteiger charge is 2.39. The van der Waals surface area contributed by atoms with Crippen LogP contribution in [0.3, 0.4) is 0 Å². The van der Waals surface area contributed by atoms with Gasteiger partial charge in [0.25, 0.3) is 10.1 Å². The fourth-order valence-electron chi connectivity index (χ4n) is 1.62. The molecule has 1 unspecified atom stereocenters. The molecule has 0 amide bonds. The summed E-state index contributed by atoms with van der Waals surface area (Å²) in [7, 11) is -4.20. The summed E-state index contributed by atoms with van der Waals surface area (Å²) in [6, 6.07) is 8.58. The minimum atomic E-state index is -4.20. The SMILES string of the molecule is C=CC(CC)(c1ccccc1)S(=O)(=O)O. The smallest absolute Gasteiger partial charge is 0.278 e. The van der Waals surface area contributed by atoms with E-state index >= 15 is 0 Å². The zero-order chi connectivity index (χ0) is 11.5. The van der Waals surface area contributed by atoms with Gasteiger partial charge in [-0.25, -0.2) is 0 Å². The number of rotatable bonds is 4. The van der Waals surface area contributed by atoms with Gasteiger partial charge >= 0.3 is 0 Å². The summed E-state index contributed by atoms with van der Waals surface area (Å²) in [5.41, 5.74) is 0.532. The standard InChI is InChI=1S/C11H14O3S/c1-3-11(4-2,15(12,13)14)10-8-6-5-7-9-10/h3,5-9H,1,4H2,2H3,(H,12,13,14). The second-order valence-electron chi connectivity index (χ2n) is 3.29. The highest BCUT2D eigenvalue weighted by atomic mass is 32.2. The van der Waals surface area contributed by atoms with E-state index in [-0.39, 0.29) is 6.42 Å². The molecule has 0 fully saturated rings. The van der Waals surface area contributed by atoms with Crippen LogP contribution in [0, 0.1) is 0 Å². The first-order valence-corrected chi connectivity index (χ1v) is 6.08. The molecule has 0 saturated heterocycles. The van der Waals surface area contributed by atoms with E-state index in [4.69, 9.17) is 0 Å². The van der Waals surface area contributed by atoms with Crippen molar-refractivity contribution in [2.45, 2.75) is 18.1 Å². The van der Waals surface area contributed by atoms with Crippen LogP contribution in [0.5, 0.6) is 0 Å². The molecule has 4 heteroatoms. The summed E-state index contributed by atoms with van der Waals surface area (Å²) < 4.78 is 30.7. The predicted octanol–water partition coefficient (Wildman–Crippen LogP) is 2.37. The van der Waals surface area contributed by atoms with Crippen molar-refractivity contribution < 1.29 is 13.0 Å². The van der Waals surface area contributed by atoms with Crippen molar-refractivity contribution in [2.75, 3.05) is 0 Å². The summed E-state index contributed by atoms with van der Waals surface area (Å²) in [6.07, 6.45) is 1.52. The molecule has 0 spiro atoms. The lowest BCUT2D eigenvalue weighted by Crippen LogP contribution is -2.32. The lowest BCUT2D eigenvalue weighted by molar-refractivity contribution is 0.445. The van der Waals surface area contributed by atoms with E-state index in [0.29, 0.717) is 5.56 Å². The molecular weight excluding hydrogens is 212 g/mol. The zero-order valence-corrected chi connectivity index (χ0v) is 9.37. The Balaban J connectivity index is 3.44. The quantitative estimate of drug-likeness (QED) is 0.633. The first-order chi connectivity index (χ1) is 6.98. The Morgan fingerprint density at radius 3 is 2.27 bits per heavy atom. The van der Waals surface area contributed by atoms with Gasteiger partial charge in [0.1, 0.15) is 4.75 Å². The average Bonchev–Trinajstić information content (AvgIpc) is 2.20. The van der Waals surface area contributed by atoms with Crippen LogP contribution in [0.15, 0.2) is 43.0 Å². The van der Waals surface area contributed by atoms with Gasteiger partial charge in [0.15, 0.2) is 0 Å². The molecule has 0 aliphatic carbocycles. The van der Waals surface area contributed by atoms with E-state index in [9.17, 15) is 13.0 Å². The first kappa shape index (κ1) is 11.9. The second-order valence-corrected chi connectivity index (χ2v) is 4.97. The van der Waals surface area contributed by atoms with Crippen molar-refractivity contribution in [3.8, 4) is 0 Å². The van der Waals surface area contributed by atoms with E-state index in [0.717, 1.165) is 0 Å². The molecule has 15 heavy (non-hydrogen) atoms. The Labute approximate surface area is 90.2 Å². The van der Waals surface area contributed by atoms with Gasteiger partial charge in [-0.05, 0) is 12.0 Å². The summed E-state index contributed by atoms with van der Waals surface area (Å²) in [6.45, 7) is 5.20. The molecule has 1 aromatic rings. The molecule has 1 aromatic carbocycles. The summed E-state index contributed by atoms with van der Waals surface area (Å²) >= 11 is 0. The fraction of sp³-hybridized carbons (Fsp3) is 0.273. The Kier molecular flexibility index (Phi) is 3.31. The van der Waals surface area contributed by atoms with Gasteiger partial charge in [-0.3, -0.25) is 4.55 Å². The number of hydrogen-bond acceptors (Lipinski definition) is 2. The van der Waals surface area contributed by atoms with Crippen LogP contribution in [0.1, 0.15) is 18.9 Å². The first-order valence-electron chi connectivity index (χ1n) is 4.64. The molecule has 0 aliphatic heterocycles. The van der Waals surface area contributed by atoms with Gasteiger partial charge in [-0.15, -0.1) is 6.58 Å². The van der Waals surface area contributed by atoms with Gasteiger partial charge in [0.2, 0.25) is 0 Å². The van der Waals surface area contributed by atoms with E-state index in [2.05, 4.69) is 6.58 Å². The Bertz CT molecular complexity index is 436. The molecule has 0 aromatic heterocycles. The van der Waals surface area contributed by atoms with Crippen molar-refractivity contribution in [3.63, 3.8) is 0 Å². The third kappa shape index (κ3) is 1.96. The average molecular weight is 226 g/mol. The van der Waals surface area contributed by atoms with Crippen molar-refractivity contribution in [2.24, 2.45) is 0 Å². The van der Waals surface area contributed by atoms with Gasteiger partial charge in [0, 0.05) is 0 Å². The summed E-state index contributed by atoms with van der Waals surface area (Å²) in [5.74, 6) is 0. The largest absolute Gasteiger partial charge is 0.285 e. The predicted molar refractivity (Wildman–Crippen MR) is 60.2 cm³/mol. The molecule has 1 atom stereocenters. The maximum absolute atomic E-state index is 11.4. The molecule has 0 bridgehead atoms. The second kappa shape index (κ2) is 4.16. The Morgan fingerprint density at radius 2 is 1.93 bits per heavy atom. The highest BCUT2D eigenvalue weighted by Crippen LogP contribution is 2.34. The molecule has 3 nitrogen and oxygen atoms in total. The Hall–Kier alpha value is -1.13. The molecule has 1 N–H and O–H groups in total. The number of benzene rings is 1. The van der Waals surface area contributed by atoms with Crippen molar-refractivity contribution in [3.05, 3.63) is 48.6 Å². The van der Waals surface area contributed by atoms with Crippen LogP contribution in [0.4, 0.5) is 0 Å². The monoisotopic (exact) mass is 226 g/mol. The third-order valence-electron chi connectivity index (χ3n) is 2.58. The molecule has 0 saturated carbocycles. The van der Waals surface area contributed by atoms with Crippen LogP contribution in [0.2, 0.25) is 0 Å². The van der Waals surface area contributed by atoms with Crippen LogP contribution in [0.25, 0.3) is 0 Å². The number of hydrogen-bond donors (Lipinski definition) is 1. The van der Waals surface area contributed by atoms with Crippen molar-refractivity contribution in [1.82, 2.24) is 0 Å². The molecule has 82 valence electrons. The van der Waals surface area contributed by atoms with Crippen molar-refractivity contribution >= 4 is 10.1 Å². The molecule has 0 radical (unpaired) electrons. The Morgan fingerprint density at radius 1 is 1.40 bits per heavy atom. The topological polar surface area (TPSA) is 54.4 Å². The van der Waals surface area contributed by atoms with Crippen molar-refractivity contribution in [1.29, 1.82) is 0 Å². The lowest BCUT2D eigenvalue weighted by atomic mass is 9.96. The van der Waals surface area contributed by atoms with E-state index in [1.54, 1.807) is 37.3 Å². The minimum absolute atomic E-state index is 0.249. The molecular formula is C11H14O3S. The molecule has 1 rings (SSSR count). The van der Waals surface area contributed by atoms with Crippen LogP contribution in [-0.2, 0) is 14.9 Å². The van der Waals surface area contributed by atoms with Crippen LogP contribution < -0.4 is 0 Å². The molecule has 0 heterocycles. The van der Waals surface area contributed by atoms with E-state index in [1.807, 2.05) is 0 Å². The van der Waals surface area contributed by atoms with Gasteiger partial charge in [-0.1, -0.05) is 43.3 Å². The van der Waals surface area contributed by atoms with Crippen LogP contribution in [-0.4, -0.2) is 13.0 Å². The van der Waals surface area contributed by atoms with E-state index in [1.165, 1.54) is 6.08 Å². The third-order valence-corrected chi connectivity index (χ3v) is 4.19. The normalized spacial score (nSPS) is 15.6. The van der Waals surface area contributed by atoms with Gasteiger partial charge in [-0.2, -0.15) is 8.42 Å². The molecule has 0 aliphatic rings. The maximum Gasteiger partial charge on any atom is 0.278 e. The zero-order valence-electron chi connectivity index (χ0n) is 8.55. The van der Waals surface area contributed by atoms with E-state index < -0.39 is 14.9 Å². The summed E-state index contributed by atoms with van der Waals surface area (Å²) in [5, 5.41) is 0. The van der Waals surface area contributed by atoms with Crippen LogP contribution >= 0.6 is 0 Å². The summed E-state index contributed by atoms with van der Waals surface area (Å²) in [4.78, 5) is 0. The highest BCUT2D eigenvalue weighted by molar-refractivity contribution is 7.87. The van der Waals surface area contributed by atoms with Gasteiger partial charge < -0.3 is 0 Å². The fourth-order valence-corrected chi connectivity index (χ4v) is 2.63. The van der Waals surface area contributed by atoms with Gasteiger partial charge in [0.05, 0.1) is 0 Å². The lowest BCUT2D eigenvalue weighted by Gasteiger charge is -2.25.